The SMILES string of the molecule is COc1ccccc1Oc1cccc(CN2CCC(C3CNC(=O)N3c3ccccc3)CC2)c1. The first-order valence-electron chi connectivity index (χ1n) is 12.0. The molecule has 0 spiro atoms. The Morgan fingerprint density at radius 3 is 2.41 bits per heavy atom. The first-order chi connectivity index (χ1) is 16.7. The Kier molecular flexibility index (Phi) is 6.67. The number of ether oxygens (including phenoxy) is 2. The lowest BCUT2D eigenvalue weighted by Gasteiger charge is -2.37. The van der Waals surface area contributed by atoms with Crippen molar-refractivity contribution in [3.63, 3.8) is 0 Å². The number of piperidine rings is 1. The fourth-order valence-electron chi connectivity index (χ4n) is 5.09. The van der Waals surface area contributed by atoms with Crippen LogP contribution in [0.4, 0.5) is 10.5 Å². The fourth-order valence-corrected chi connectivity index (χ4v) is 5.09. The van der Waals surface area contributed by atoms with Crippen molar-refractivity contribution in [1.82, 2.24) is 10.2 Å². The Morgan fingerprint density at radius 2 is 1.65 bits per heavy atom. The van der Waals surface area contributed by atoms with Crippen molar-refractivity contribution in [2.75, 3.05) is 31.6 Å². The molecule has 0 saturated carbocycles. The molecule has 3 aromatic rings. The normalized spacial score (nSPS) is 19.1. The van der Waals surface area contributed by atoms with Crippen LogP contribution in [0.2, 0.25) is 0 Å². The molecule has 1 unspecified atom stereocenters. The molecule has 1 atom stereocenters. The lowest BCUT2D eigenvalue weighted by molar-refractivity contribution is 0.165. The monoisotopic (exact) mass is 457 g/mol. The number of nitrogens with one attached hydrogen (secondary N) is 1. The quantitative estimate of drug-likeness (QED) is 0.523. The zero-order chi connectivity index (χ0) is 23.3. The number of amides is 2. The number of methoxy groups -OCH3 is 1. The first-order valence-corrected chi connectivity index (χ1v) is 12.0. The van der Waals surface area contributed by atoms with Gasteiger partial charge >= 0.3 is 6.03 Å². The van der Waals surface area contributed by atoms with Crippen molar-refractivity contribution in [1.29, 1.82) is 0 Å². The summed E-state index contributed by atoms with van der Waals surface area (Å²) in [6.07, 6.45) is 2.17. The van der Waals surface area contributed by atoms with E-state index in [1.807, 2.05) is 71.6 Å². The lowest BCUT2D eigenvalue weighted by Crippen LogP contribution is -2.44. The average molecular weight is 458 g/mol. The number of benzene rings is 3. The fraction of sp³-hybridized carbons (Fsp3) is 0.321. The second-order valence-electron chi connectivity index (χ2n) is 8.97. The minimum Gasteiger partial charge on any atom is -0.493 e. The molecule has 1 N–H and O–H groups in total. The zero-order valence-corrected chi connectivity index (χ0v) is 19.5. The number of hydrogen-bond acceptors (Lipinski definition) is 4. The Bertz CT molecular complexity index is 1110. The van der Waals surface area contributed by atoms with Gasteiger partial charge in [0.15, 0.2) is 11.5 Å². The summed E-state index contributed by atoms with van der Waals surface area (Å²) in [6.45, 7) is 3.66. The van der Waals surface area contributed by atoms with Crippen LogP contribution in [0.1, 0.15) is 18.4 Å². The summed E-state index contributed by atoms with van der Waals surface area (Å²) in [6, 6.07) is 26.2. The maximum Gasteiger partial charge on any atom is 0.322 e. The predicted octanol–water partition coefficient (Wildman–Crippen LogP) is 5.30. The molecule has 2 amide bonds. The molecule has 2 fully saturated rings. The van der Waals surface area contributed by atoms with Crippen molar-refractivity contribution in [2.45, 2.75) is 25.4 Å². The summed E-state index contributed by atoms with van der Waals surface area (Å²) in [5, 5.41) is 3.05. The van der Waals surface area contributed by atoms with Gasteiger partial charge in [-0.05, 0) is 73.8 Å². The summed E-state index contributed by atoms with van der Waals surface area (Å²) in [7, 11) is 1.65. The molecular formula is C28H31N3O3. The summed E-state index contributed by atoms with van der Waals surface area (Å²) in [5.41, 5.74) is 2.21. The zero-order valence-electron chi connectivity index (χ0n) is 19.5. The van der Waals surface area contributed by atoms with Crippen LogP contribution >= 0.6 is 0 Å². The third kappa shape index (κ3) is 4.87. The smallest absolute Gasteiger partial charge is 0.322 e. The van der Waals surface area contributed by atoms with E-state index < -0.39 is 0 Å². The minimum atomic E-state index is 0.0190. The number of anilines is 1. The molecule has 0 radical (unpaired) electrons. The molecule has 2 aliphatic rings. The van der Waals surface area contributed by atoms with E-state index in [9.17, 15) is 4.79 Å². The van der Waals surface area contributed by atoms with E-state index >= 15 is 0 Å². The van der Waals surface area contributed by atoms with Crippen LogP contribution in [0.25, 0.3) is 0 Å². The Labute approximate surface area is 201 Å². The van der Waals surface area contributed by atoms with Crippen molar-refractivity contribution >= 4 is 11.7 Å². The second kappa shape index (κ2) is 10.2. The number of nitrogens with zero attached hydrogens (tertiary/aromatic N) is 2. The maximum atomic E-state index is 12.5. The van der Waals surface area contributed by atoms with Crippen molar-refractivity contribution < 1.29 is 14.3 Å². The predicted molar refractivity (Wildman–Crippen MR) is 134 cm³/mol. The molecule has 2 saturated heterocycles. The molecule has 176 valence electrons. The van der Waals surface area contributed by atoms with Gasteiger partial charge in [-0.25, -0.2) is 4.79 Å². The number of rotatable bonds is 7. The highest BCUT2D eigenvalue weighted by Crippen LogP contribution is 2.33. The molecule has 2 aliphatic heterocycles. The van der Waals surface area contributed by atoms with Crippen molar-refractivity contribution in [3.8, 4) is 17.2 Å². The third-order valence-electron chi connectivity index (χ3n) is 6.83. The summed E-state index contributed by atoms with van der Waals surface area (Å²) in [5.74, 6) is 2.74. The van der Waals surface area contributed by atoms with Crippen LogP contribution in [0.15, 0.2) is 78.9 Å². The van der Waals surface area contributed by atoms with Gasteiger partial charge in [0.05, 0.1) is 13.2 Å². The van der Waals surface area contributed by atoms with Gasteiger partial charge in [0.25, 0.3) is 0 Å². The van der Waals surface area contributed by atoms with E-state index in [1.54, 1.807) is 7.11 Å². The Morgan fingerprint density at radius 1 is 0.912 bits per heavy atom. The average Bonchev–Trinajstić information content (AvgIpc) is 3.27. The molecule has 2 heterocycles. The van der Waals surface area contributed by atoms with E-state index in [4.69, 9.17) is 9.47 Å². The number of carbonyl (C=O) groups excluding carboxylic acids is 1. The molecule has 0 bridgehead atoms. The number of hydrogen-bond donors (Lipinski definition) is 1. The molecule has 0 aromatic heterocycles. The van der Waals surface area contributed by atoms with Gasteiger partial charge in [-0.15, -0.1) is 0 Å². The standard InChI is InChI=1S/C28H31N3O3/c1-33-26-12-5-6-13-27(26)34-24-11-7-8-21(18-24)20-30-16-14-22(15-17-30)25-19-29-28(32)31(25)23-9-3-2-4-10-23/h2-13,18,22,25H,14-17,19-20H2,1H3,(H,29,32). The maximum absolute atomic E-state index is 12.5. The van der Waals surface area contributed by atoms with Gasteiger partial charge in [-0.1, -0.05) is 42.5 Å². The van der Waals surface area contributed by atoms with Crippen LogP contribution in [0.3, 0.4) is 0 Å². The van der Waals surface area contributed by atoms with Gasteiger partial charge in [-0.3, -0.25) is 9.80 Å². The molecule has 3 aromatic carbocycles. The molecule has 6 heteroatoms. The van der Waals surface area contributed by atoms with E-state index in [1.165, 1.54) is 5.56 Å². The molecular weight excluding hydrogens is 426 g/mol. The van der Waals surface area contributed by atoms with E-state index in [2.05, 4.69) is 22.3 Å². The topological polar surface area (TPSA) is 54.0 Å². The van der Waals surface area contributed by atoms with Gasteiger partial charge in [0.1, 0.15) is 5.75 Å². The Balaban J connectivity index is 1.19. The largest absolute Gasteiger partial charge is 0.493 e. The van der Waals surface area contributed by atoms with Crippen LogP contribution in [-0.4, -0.2) is 43.7 Å². The molecule has 5 rings (SSSR count). The lowest BCUT2D eigenvalue weighted by atomic mass is 9.88. The van der Waals surface area contributed by atoms with Crippen LogP contribution in [0.5, 0.6) is 17.2 Å². The number of carbonyl (C=O) groups is 1. The van der Waals surface area contributed by atoms with E-state index in [0.29, 0.717) is 11.7 Å². The first kappa shape index (κ1) is 22.3. The van der Waals surface area contributed by atoms with Crippen molar-refractivity contribution in [3.05, 3.63) is 84.4 Å². The highest BCUT2D eigenvalue weighted by atomic mass is 16.5. The molecule has 0 aliphatic carbocycles. The second-order valence-corrected chi connectivity index (χ2v) is 8.97. The number of urea groups is 1. The number of para-hydroxylation sites is 3. The molecule has 34 heavy (non-hydrogen) atoms. The van der Waals surface area contributed by atoms with Crippen LogP contribution < -0.4 is 19.7 Å². The van der Waals surface area contributed by atoms with E-state index in [0.717, 1.165) is 56.2 Å². The Hall–Kier alpha value is -3.51. The number of likely N-dealkylation sites (tertiary alicyclic amines) is 1. The summed E-state index contributed by atoms with van der Waals surface area (Å²) in [4.78, 5) is 17.0. The summed E-state index contributed by atoms with van der Waals surface area (Å²) >= 11 is 0. The van der Waals surface area contributed by atoms with Gasteiger partial charge in [0.2, 0.25) is 0 Å². The van der Waals surface area contributed by atoms with E-state index in [-0.39, 0.29) is 12.1 Å². The minimum absolute atomic E-state index is 0.0190. The summed E-state index contributed by atoms with van der Waals surface area (Å²) < 4.78 is 11.5. The third-order valence-corrected chi connectivity index (χ3v) is 6.83. The van der Waals surface area contributed by atoms with Gasteiger partial charge in [-0.2, -0.15) is 0 Å². The highest BCUT2D eigenvalue weighted by molar-refractivity contribution is 5.95. The highest BCUT2D eigenvalue weighted by Gasteiger charge is 2.38. The van der Waals surface area contributed by atoms with Crippen LogP contribution in [-0.2, 0) is 6.54 Å². The van der Waals surface area contributed by atoms with Gasteiger partial charge in [0, 0.05) is 18.8 Å². The van der Waals surface area contributed by atoms with Crippen LogP contribution in [0, 0.1) is 5.92 Å². The van der Waals surface area contributed by atoms with Gasteiger partial charge < -0.3 is 14.8 Å². The van der Waals surface area contributed by atoms with Crippen molar-refractivity contribution in [2.24, 2.45) is 5.92 Å². The molecule has 6 nitrogen and oxygen atoms in total.